The van der Waals surface area contributed by atoms with E-state index in [1.54, 1.807) is 18.2 Å². The first-order valence-electron chi connectivity index (χ1n) is 10.1. The van der Waals surface area contributed by atoms with E-state index in [0.717, 1.165) is 11.1 Å². The minimum Gasteiger partial charge on any atom is -0.507 e. The molecule has 162 valence electrons. The van der Waals surface area contributed by atoms with E-state index in [2.05, 4.69) is 19.9 Å². The highest BCUT2D eigenvalue weighted by Gasteiger charge is 2.50. The molecule has 2 heterocycles. The Labute approximate surface area is 179 Å². The molecule has 2 N–H and O–H groups in total. The zero-order chi connectivity index (χ0) is 22.1. The summed E-state index contributed by atoms with van der Waals surface area (Å²) in [7, 11) is 2.99. The predicted octanol–water partition coefficient (Wildman–Crippen LogP) is 3.44. The van der Waals surface area contributed by atoms with E-state index in [-0.39, 0.29) is 22.5 Å². The first kappa shape index (κ1) is 19.8. The second kappa shape index (κ2) is 6.65. The summed E-state index contributed by atoms with van der Waals surface area (Å²) in [6.45, 7) is 4.20. The first-order chi connectivity index (χ1) is 14.7. The summed E-state index contributed by atoms with van der Waals surface area (Å²) in [5.74, 6) is 0.135. The van der Waals surface area contributed by atoms with Gasteiger partial charge < -0.3 is 29.2 Å². The smallest absolute Gasteiger partial charge is 0.235 e. The summed E-state index contributed by atoms with van der Waals surface area (Å²) in [4.78, 5) is 13.6. The van der Waals surface area contributed by atoms with Gasteiger partial charge in [-0.3, -0.25) is 4.79 Å². The van der Waals surface area contributed by atoms with Crippen LogP contribution >= 0.6 is 0 Å². The van der Waals surface area contributed by atoms with Crippen LogP contribution in [0.15, 0.2) is 24.3 Å². The lowest BCUT2D eigenvalue weighted by Gasteiger charge is -2.41. The molecule has 2 aromatic rings. The Kier molecular flexibility index (Phi) is 4.24. The van der Waals surface area contributed by atoms with Crippen molar-refractivity contribution in [2.24, 2.45) is 5.41 Å². The maximum absolute atomic E-state index is 13.6. The number of allylic oxidation sites excluding steroid dienone is 1. The fraction of sp³-hybridized carbons (Fsp3) is 0.375. The number of hydrogen-bond donors (Lipinski definition) is 2. The highest BCUT2D eigenvalue weighted by molar-refractivity contribution is 6.08. The number of carbonyl (C=O) groups is 1. The Hall–Kier alpha value is -3.19. The third-order valence-corrected chi connectivity index (χ3v) is 6.22. The van der Waals surface area contributed by atoms with Gasteiger partial charge in [-0.25, -0.2) is 0 Å². The van der Waals surface area contributed by atoms with Gasteiger partial charge in [-0.1, -0.05) is 26.0 Å². The Morgan fingerprint density at radius 2 is 1.81 bits per heavy atom. The first-order valence-corrected chi connectivity index (χ1v) is 10.1. The standard InChI is InChI=1S/C24H24O7/c1-24(2)6-5-12-11(10-24)7-14(25)19-20(26)18-13-8-16(28-3)17(29-4)9-15(13)30-23(27)22(18)31-21(12)19/h5-9,18,22-23,25,27H,10H2,1-4H3/t18-,22+,23-/m1/s1. The van der Waals surface area contributed by atoms with Crippen LogP contribution in [0.3, 0.4) is 0 Å². The van der Waals surface area contributed by atoms with Crippen molar-refractivity contribution >= 4 is 11.9 Å². The molecule has 0 saturated carbocycles. The van der Waals surface area contributed by atoms with E-state index in [9.17, 15) is 15.0 Å². The van der Waals surface area contributed by atoms with Gasteiger partial charge >= 0.3 is 0 Å². The van der Waals surface area contributed by atoms with Crippen LogP contribution in [0.4, 0.5) is 0 Å². The minimum atomic E-state index is -1.37. The number of benzene rings is 2. The van der Waals surface area contributed by atoms with E-state index >= 15 is 0 Å². The number of fused-ring (bicyclic) bond motifs is 6. The lowest BCUT2D eigenvalue weighted by molar-refractivity contribution is -0.112. The van der Waals surface area contributed by atoms with Crippen LogP contribution in [0.5, 0.6) is 28.7 Å². The molecule has 2 aliphatic heterocycles. The molecule has 3 atom stereocenters. The number of ketones is 1. The molecule has 7 nitrogen and oxygen atoms in total. The number of phenols is 1. The normalized spacial score (nSPS) is 24.7. The number of hydrogen-bond acceptors (Lipinski definition) is 7. The van der Waals surface area contributed by atoms with Crippen molar-refractivity contribution in [1.82, 2.24) is 0 Å². The zero-order valence-electron chi connectivity index (χ0n) is 17.8. The zero-order valence-corrected chi connectivity index (χ0v) is 17.8. The summed E-state index contributed by atoms with van der Waals surface area (Å²) >= 11 is 0. The van der Waals surface area contributed by atoms with Crippen LogP contribution in [-0.4, -0.2) is 42.6 Å². The summed E-state index contributed by atoms with van der Waals surface area (Å²) in [5, 5.41) is 21.5. The van der Waals surface area contributed by atoms with Crippen LogP contribution in [0.25, 0.3) is 6.08 Å². The average molecular weight is 424 g/mol. The lowest BCUT2D eigenvalue weighted by atomic mass is 9.76. The number of aliphatic hydroxyl groups is 1. The summed E-state index contributed by atoms with van der Waals surface area (Å²) < 4.78 is 22.5. The van der Waals surface area contributed by atoms with E-state index in [1.807, 2.05) is 6.08 Å². The van der Waals surface area contributed by atoms with Gasteiger partial charge in [0.15, 0.2) is 23.4 Å². The fourth-order valence-electron chi connectivity index (χ4n) is 4.73. The number of rotatable bonds is 2. The van der Waals surface area contributed by atoms with E-state index < -0.39 is 18.3 Å². The summed E-state index contributed by atoms with van der Waals surface area (Å²) in [6, 6.07) is 4.88. The monoisotopic (exact) mass is 424 g/mol. The van der Waals surface area contributed by atoms with Gasteiger partial charge in [-0.2, -0.15) is 0 Å². The predicted molar refractivity (Wildman–Crippen MR) is 112 cm³/mol. The second-order valence-electron chi connectivity index (χ2n) is 8.85. The quantitative estimate of drug-likeness (QED) is 0.763. The number of phenolic OH excluding ortho intramolecular Hbond substituents is 1. The molecule has 0 aromatic heterocycles. The molecule has 0 radical (unpaired) electrons. The Morgan fingerprint density at radius 1 is 1.10 bits per heavy atom. The van der Waals surface area contributed by atoms with E-state index in [0.29, 0.717) is 35.0 Å². The van der Waals surface area contributed by atoms with E-state index in [1.165, 1.54) is 14.2 Å². The Morgan fingerprint density at radius 3 is 2.52 bits per heavy atom. The van der Waals surface area contributed by atoms with Crippen LogP contribution in [0, 0.1) is 5.41 Å². The number of aromatic hydroxyl groups is 1. The molecular weight excluding hydrogens is 400 g/mol. The average Bonchev–Trinajstić information content (AvgIpc) is 2.72. The molecule has 31 heavy (non-hydrogen) atoms. The van der Waals surface area contributed by atoms with Crippen molar-refractivity contribution in [3.63, 3.8) is 0 Å². The maximum Gasteiger partial charge on any atom is 0.235 e. The molecule has 0 saturated heterocycles. The van der Waals surface area contributed by atoms with Crippen molar-refractivity contribution in [2.75, 3.05) is 14.2 Å². The van der Waals surface area contributed by atoms with Gasteiger partial charge in [-0.15, -0.1) is 0 Å². The molecule has 1 aliphatic carbocycles. The highest BCUT2D eigenvalue weighted by Crippen LogP contribution is 2.52. The fourth-order valence-corrected chi connectivity index (χ4v) is 4.73. The second-order valence-corrected chi connectivity index (χ2v) is 8.85. The lowest BCUT2D eigenvalue weighted by Crippen LogP contribution is -2.49. The van der Waals surface area contributed by atoms with Crippen molar-refractivity contribution in [3.05, 3.63) is 46.5 Å². The number of ether oxygens (including phenoxy) is 4. The molecule has 7 heteroatoms. The number of Topliss-reactive ketones (excluding diaryl/α,β-unsaturated/α-hetero) is 1. The molecule has 5 rings (SSSR count). The molecule has 0 bridgehead atoms. The van der Waals surface area contributed by atoms with Crippen LogP contribution in [0.1, 0.15) is 46.8 Å². The maximum atomic E-state index is 13.6. The highest BCUT2D eigenvalue weighted by atomic mass is 16.6. The number of aliphatic hydroxyl groups excluding tert-OH is 1. The van der Waals surface area contributed by atoms with Gasteiger partial charge in [0.05, 0.1) is 20.1 Å². The molecule has 2 aromatic carbocycles. The number of carbonyl (C=O) groups excluding carboxylic acids is 1. The van der Waals surface area contributed by atoms with Gasteiger partial charge in [0.1, 0.15) is 22.8 Å². The molecule has 0 spiro atoms. The minimum absolute atomic E-state index is 0.0725. The van der Waals surface area contributed by atoms with Crippen molar-refractivity contribution < 1.29 is 34.0 Å². The summed E-state index contributed by atoms with van der Waals surface area (Å²) in [6.07, 6.45) is 2.36. The van der Waals surface area contributed by atoms with Crippen LogP contribution in [-0.2, 0) is 6.42 Å². The Bertz CT molecular complexity index is 1130. The largest absolute Gasteiger partial charge is 0.507 e. The van der Waals surface area contributed by atoms with Crippen molar-refractivity contribution in [1.29, 1.82) is 0 Å². The van der Waals surface area contributed by atoms with Crippen LogP contribution in [0.2, 0.25) is 0 Å². The topological polar surface area (TPSA) is 94.5 Å². The van der Waals surface area contributed by atoms with E-state index in [4.69, 9.17) is 18.9 Å². The molecule has 3 aliphatic rings. The third kappa shape index (κ3) is 2.87. The summed E-state index contributed by atoms with van der Waals surface area (Å²) in [5.41, 5.74) is 2.21. The van der Waals surface area contributed by atoms with Crippen LogP contribution < -0.4 is 18.9 Å². The van der Waals surface area contributed by atoms with Gasteiger partial charge in [-0.05, 0) is 29.5 Å². The molecular formula is C24H24O7. The van der Waals surface area contributed by atoms with Gasteiger partial charge in [0, 0.05) is 17.2 Å². The Balaban J connectivity index is 1.68. The van der Waals surface area contributed by atoms with Crippen molar-refractivity contribution in [3.8, 4) is 28.7 Å². The van der Waals surface area contributed by atoms with Gasteiger partial charge in [0.25, 0.3) is 0 Å². The van der Waals surface area contributed by atoms with Gasteiger partial charge in [0.2, 0.25) is 6.29 Å². The molecule has 0 unspecified atom stereocenters. The third-order valence-electron chi connectivity index (χ3n) is 6.22. The SMILES string of the molecule is COc1cc2c(cc1OC)[C@@H]1C(=O)c3c(O)cc4c(c3O[C@@H]1[C@H](O)O2)C=CC(C)(C)C4. The molecule has 0 fully saturated rings. The van der Waals surface area contributed by atoms with Crippen molar-refractivity contribution in [2.45, 2.75) is 38.6 Å². The number of methoxy groups -OCH3 is 2. The molecule has 0 amide bonds.